The standard InChI is InChI=1S/C13H15N3O3S2/c1-7-8(21-6-15-7)2-3-13(12(18)19)4-16-10(17)9(14)11(16)20-5-13/h2-3,6,9,11H,4-5,14H2,1H3,(H,18,19)/t9?,11-,13?/m1/s1. The normalized spacial score (nSPS) is 32.1. The highest BCUT2D eigenvalue weighted by atomic mass is 32.2. The zero-order chi connectivity index (χ0) is 15.2. The molecule has 3 heterocycles. The quantitative estimate of drug-likeness (QED) is 0.797. The molecule has 2 saturated heterocycles. The van der Waals surface area contributed by atoms with Gasteiger partial charge >= 0.3 is 5.97 Å². The van der Waals surface area contributed by atoms with Crippen molar-refractivity contribution in [3.63, 3.8) is 0 Å². The third kappa shape index (κ3) is 2.27. The van der Waals surface area contributed by atoms with Crippen LogP contribution >= 0.6 is 23.1 Å². The summed E-state index contributed by atoms with van der Waals surface area (Å²) in [4.78, 5) is 30.1. The van der Waals surface area contributed by atoms with Gasteiger partial charge in [0.1, 0.15) is 16.8 Å². The summed E-state index contributed by atoms with van der Waals surface area (Å²) < 4.78 is 0. The van der Waals surface area contributed by atoms with Crippen LogP contribution in [0, 0.1) is 12.3 Å². The highest BCUT2D eigenvalue weighted by Crippen LogP contribution is 2.42. The van der Waals surface area contributed by atoms with E-state index in [1.807, 2.05) is 6.92 Å². The zero-order valence-electron chi connectivity index (χ0n) is 11.4. The van der Waals surface area contributed by atoms with Crippen LogP contribution in [-0.4, -0.2) is 50.6 Å². The van der Waals surface area contributed by atoms with E-state index in [1.54, 1.807) is 22.6 Å². The number of β-lactam (4-membered cyclic amide) rings is 1. The van der Waals surface area contributed by atoms with E-state index in [1.165, 1.54) is 23.1 Å². The summed E-state index contributed by atoms with van der Waals surface area (Å²) in [5.41, 5.74) is 7.27. The van der Waals surface area contributed by atoms with Crippen LogP contribution in [0.3, 0.4) is 0 Å². The number of carbonyl (C=O) groups is 2. The predicted octanol–water partition coefficient (Wildman–Crippen LogP) is 0.778. The van der Waals surface area contributed by atoms with Crippen molar-refractivity contribution in [1.29, 1.82) is 0 Å². The lowest BCUT2D eigenvalue weighted by Gasteiger charge is -2.52. The van der Waals surface area contributed by atoms with E-state index in [0.717, 1.165) is 10.6 Å². The number of aliphatic carboxylic acids is 1. The number of carboxylic acid groups (broad SMARTS) is 1. The fourth-order valence-corrected chi connectivity index (χ4v) is 4.66. The first-order valence-corrected chi connectivity index (χ1v) is 8.38. The molecular formula is C13H15N3O3S2. The van der Waals surface area contributed by atoms with Crippen LogP contribution in [0.2, 0.25) is 0 Å². The summed E-state index contributed by atoms with van der Waals surface area (Å²) in [6.45, 7) is 2.06. The Labute approximate surface area is 130 Å². The Bertz CT molecular complexity index is 630. The Kier molecular flexibility index (Phi) is 3.54. The molecule has 112 valence electrons. The molecule has 0 aromatic carbocycles. The minimum absolute atomic E-state index is 0.0801. The van der Waals surface area contributed by atoms with Gasteiger partial charge < -0.3 is 15.7 Å². The topological polar surface area (TPSA) is 96.5 Å². The average molecular weight is 325 g/mol. The number of nitrogens with zero attached hydrogens (tertiary/aromatic N) is 2. The highest BCUT2D eigenvalue weighted by Gasteiger charge is 2.54. The molecule has 2 fully saturated rings. The molecule has 0 spiro atoms. The second kappa shape index (κ2) is 5.11. The smallest absolute Gasteiger partial charge is 0.316 e. The van der Waals surface area contributed by atoms with E-state index in [2.05, 4.69) is 4.98 Å². The van der Waals surface area contributed by atoms with Crippen LogP contribution in [0.15, 0.2) is 11.6 Å². The van der Waals surface area contributed by atoms with Crippen molar-refractivity contribution in [3.8, 4) is 0 Å². The van der Waals surface area contributed by atoms with Crippen molar-refractivity contribution in [1.82, 2.24) is 9.88 Å². The number of amides is 1. The number of carbonyl (C=O) groups excluding carboxylic acids is 1. The summed E-state index contributed by atoms with van der Waals surface area (Å²) in [6.07, 6.45) is 3.49. The molecule has 2 aliphatic rings. The van der Waals surface area contributed by atoms with E-state index in [-0.39, 0.29) is 17.8 Å². The second-order valence-electron chi connectivity index (χ2n) is 5.29. The van der Waals surface area contributed by atoms with Gasteiger partial charge in [-0.15, -0.1) is 23.1 Å². The van der Waals surface area contributed by atoms with Crippen LogP contribution in [0.5, 0.6) is 0 Å². The Morgan fingerprint density at radius 1 is 1.67 bits per heavy atom. The van der Waals surface area contributed by atoms with E-state index in [9.17, 15) is 14.7 Å². The lowest BCUT2D eigenvalue weighted by molar-refractivity contribution is -0.153. The molecule has 0 saturated carbocycles. The number of nitrogens with two attached hydrogens (primary N) is 1. The molecule has 3 atom stereocenters. The van der Waals surface area contributed by atoms with Gasteiger partial charge in [0, 0.05) is 17.2 Å². The van der Waals surface area contributed by atoms with Crippen molar-refractivity contribution in [2.24, 2.45) is 11.1 Å². The third-order valence-electron chi connectivity index (χ3n) is 3.91. The van der Waals surface area contributed by atoms with Gasteiger partial charge in [0.2, 0.25) is 5.91 Å². The summed E-state index contributed by atoms with van der Waals surface area (Å²) in [6, 6.07) is -0.491. The maximum atomic E-state index is 11.8. The molecule has 21 heavy (non-hydrogen) atoms. The monoisotopic (exact) mass is 325 g/mol. The Morgan fingerprint density at radius 2 is 2.43 bits per heavy atom. The number of hydrogen-bond donors (Lipinski definition) is 2. The van der Waals surface area contributed by atoms with E-state index in [4.69, 9.17) is 5.73 Å². The summed E-state index contributed by atoms with van der Waals surface area (Å²) in [5.74, 6) is -0.668. The lowest BCUT2D eigenvalue weighted by Crippen LogP contribution is -2.71. The van der Waals surface area contributed by atoms with E-state index in [0.29, 0.717) is 5.75 Å². The van der Waals surface area contributed by atoms with Crippen molar-refractivity contribution in [3.05, 3.63) is 22.2 Å². The molecule has 6 nitrogen and oxygen atoms in total. The van der Waals surface area contributed by atoms with E-state index < -0.39 is 17.4 Å². The molecule has 1 aromatic rings. The summed E-state index contributed by atoms with van der Waals surface area (Å²) in [5, 5.41) is 9.54. The van der Waals surface area contributed by atoms with Gasteiger partial charge in [0.05, 0.1) is 11.2 Å². The number of thiazole rings is 1. The molecule has 0 aliphatic carbocycles. The minimum Gasteiger partial charge on any atom is -0.481 e. The molecule has 1 amide bonds. The molecular weight excluding hydrogens is 310 g/mol. The number of aryl methyl sites for hydroxylation is 1. The average Bonchev–Trinajstić information content (AvgIpc) is 2.89. The van der Waals surface area contributed by atoms with Crippen LogP contribution in [0.4, 0.5) is 0 Å². The van der Waals surface area contributed by atoms with E-state index >= 15 is 0 Å². The largest absolute Gasteiger partial charge is 0.481 e. The third-order valence-corrected chi connectivity index (χ3v) is 6.38. The van der Waals surface area contributed by atoms with Crippen LogP contribution in [0.25, 0.3) is 6.08 Å². The zero-order valence-corrected chi connectivity index (χ0v) is 13.0. The molecule has 3 rings (SSSR count). The maximum absolute atomic E-state index is 11.8. The molecule has 3 N–H and O–H groups in total. The van der Waals surface area contributed by atoms with Crippen LogP contribution in [0.1, 0.15) is 10.6 Å². The molecule has 8 heteroatoms. The summed E-state index contributed by atoms with van der Waals surface area (Å²) >= 11 is 2.90. The minimum atomic E-state index is -1.06. The number of fused-ring (bicyclic) bond motifs is 1. The Hall–Kier alpha value is -1.38. The van der Waals surface area contributed by atoms with Gasteiger partial charge in [0.15, 0.2) is 0 Å². The first-order chi connectivity index (χ1) is 9.94. The highest BCUT2D eigenvalue weighted by molar-refractivity contribution is 8.00. The van der Waals surface area contributed by atoms with Crippen molar-refractivity contribution < 1.29 is 14.7 Å². The first-order valence-electron chi connectivity index (χ1n) is 6.45. The number of hydrogen-bond acceptors (Lipinski definition) is 6. The van der Waals surface area contributed by atoms with Gasteiger partial charge in [-0.25, -0.2) is 4.98 Å². The second-order valence-corrected chi connectivity index (χ2v) is 7.28. The molecule has 2 aliphatic heterocycles. The maximum Gasteiger partial charge on any atom is 0.316 e. The number of rotatable bonds is 3. The molecule has 2 unspecified atom stereocenters. The molecule has 0 radical (unpaired) electrons. The Morgan fingerprint density at radius 3 is 3.05 bits per heavy atom. The van der Waals surface area contributed by atoms with Crippen molar-refractivity contribution in [2.45, 2.75) is 18.3 Å². The van der Waals surface area contributed by atoms with Crippen LogP contribution in [-0.2, 0) is 9.59 Å². The van der Waals surface area contributed by atoms with Gasteiger partial charge in [-0.3, -0.25) is 9.59 Å². The number of thioether (sulfide) groups is 1. The number of aromatic nitrogens is 1. The lowest BCUT2D eigenvalue weighted by atomic mass is 9.86. The van der Waals surface area contributed by atoms with Gasteiger partial charge in [-0.2, -0.15) is 0 Å². The SMILES string of the molecule is Cc1ncsc1C=CC1(C(=O)O)CS[C@@H]2C(N)C(=O)N2C1. The molecule has 0 bridgehead atoms. The van der Waals surface area contributed by atoms with Gasteiger partial charge in [-0.1, -0.05) is 6.08 Å². The summed E-state index contributed by atoms with van der Waals surface area (Å²) in [7, 11) is 0. The Balaban J connectivity index is 1.85. The molecule has 1 aromatic heterocycles. The van der Waals surface area contributed by atoms with Crippen LogP contribution < -0.4 is 5.73 Å². The van der Waals surface area contributed by atoms with Gasteiger partial charge in [0.25, 0.3) is 0 Å². The fourth-order valence-electron chi connectivity index (χ4n) is 2.50. The number of carboxylic acids is 1. The predicted molar refractivity (Wildman–Crippen MR) is 81.9 cm³/mol. The van der Waals surface area contributed by atoms with Crippen molar-refractivity contribution >= 4 is 41.1 Å². The fraction of sp³-hybridized carbons (Fsp3) is 0.462. The van der Waals surface area contributed by atoms with Crippen molar-refractivity contribution in [2.75, 3.05) is 12.3 Å². The first kappa shape index (κ1) is 14.6. The van der Waals surface area contributed by atoms with Gasteiger partial charge in [-0.05, 0) is 13.0 Å².